The van der Waals surface area contributed by atoms with Crippen molar-refractivity contribution >= 4 is 11.8 Å². The highest BCUT2D eigenvalue weighted by Gasteiger charge is 2.10. The number of carboxylic acids is 1. The second kappa shape index (κ2) is 7.89. The van der Waals surface area contributed by atoms with Gasteiger partial charge in [0, 0.05) is 6.42 Å². The van der Waals surface area contributed by atoms with Crippen molar-refractivity contribution in [2.24, 2.45) is 0 Å². The van der Waals surface area contributed by atoms with Gasteiger partial charge >= 0.3 is 5.97 Å². The molecule has 0 saturated carbocycles. The predicted molar refractivity (Wildman–Crippen MR) is 79.8 cm³/mol. The fourth-order valence-corrected chi connectivity index (χ4v) is 1.76. The Bertz CT molecular complexity index is 578. The number of hydrogen-bond acceptors (Lipinski definition) is 2. The molecule has 0 aromatic heterocycles. The van der Waals surface area contributed by atoms with E-state index in [2.05, 4.69) is 0 Å². The highest BCUT2D eigenvalue weighted by atomic mass is 16.4. The van der Waals surface area contributed by atoms with Crippen molar-refractivity contribution < 1.29 is 14.7 Å². The number of carbonyl (C=O) groups is 2. The lowest BCUT2D eigenvalue weighted by Gasteiger charge is -2.03. The van der Waals surface area contributed by atoms with Crippen LogP contribution in [-0.4, -0.2) is 16.9 Å². The number of ketones is 1. The molecule has 0 aliphatic rings. The number of aromatic carboxylic acids is 1. The zero-order valence-corrected chi connectivity index (χ0v) is 11.7. The maximum Gasteiger partial charge on any atom is 0.335 e. The fourth-order valence-electron chi connectivity index (χ4n) is 1.76. The molecule has 0 saturated heterocycles. The first-order chi connectivity index (χ1) is 9.58. The van der Waals surface area contributed by atoms with E-state index >= 15 is 0 Å². The molecular weight excluding hydrogens is 252 g/mol. The van der Waals surface area contributed by atoms with Crippen LogP contribution >= 0.6 is 0 Å². The maximum absolute atomic E-state index is 11.9. The van der Waals surface area contributed by atoms with E-state index in [0.29, 0.717) is 5.56 Å². The molecule has 104 valence electrons. The van der Waals surface area contributed by atoms with E-state index in [4.69, 9.17) is 5.11 Å². The van der Waals surface area contributed by atoms with Crippen LogP contribution in [-0.2, 0) is 11.2 Å². The van der Waals surface area contributed by atoms with Gasteiger partial charge in [-0.2, -0.15) is 0 Å². The van der Waals surface area contributed by atoms with Crippen LogP contribution in [0.1, 0.15) is 29.8 Å². The average Bonchev–Trinajstić information content (AvgIpc) is 2.43. The average molecular weight is 270 g/mol. The predicted octanol–water partition coefficient (Wildman–Crippen LogP) is 3.58. The second-order valence-corrected chi connectivity index (χ2v) is 4.23. The van der Waals surface area contributed by atoms with Crippen molar-refractivity contribution in [3.8, 4) is 0 Å². The van der Waals surface area contributed by atoms with Gasteiger partial charge in [0.2, 0.25) is 0 Å². The van der Waals surface area contributed by atoms with Gasteiger partial charge in [0.15, 0.2) is 5.78 Å². The van der Waals surface area contributed by atoms with Crippen LogP contribution in [0.4, 0.5) is 0 Å². The van der Waals surface area contributed by atoms with Crippen LogP contribution in [0.3, 0.4) is 0 Å². The molecule has 0 bridgehead atoms. The smallest absolute Gasteiger partial charge is 0.335 e. The van der Waals surface area contributed by atoms with E-state index in [-0.39, 0.29) is 17.8 Å². The third kappa shape index (κ3) is 4.69. The highest BCUT2D eigenvalue weighted by molar-refractivity contribution is 5.95. The summed E-state index contributed by atoms with van der Waals surface area (Å²) < 4.78 is 0. The van der Waals surface area contributed by atoms with Crippen LogP contribution < -0.4 is 0 Å². The van der Waals surface area contributed by atoms with Crippen molar-refractivity contribution in [3.63, 3.8) is 0 Å². The molecule has 0 aliphatic heterocycles. The maximum atomic E-state index is 11.9. The molecule has 0 spiro atoms. The van der Waals surface area contributed by atoms with Crippen molar-refractivity contribution in [2.75, 3.05) is 0 Å². The van der Waals surface area contributed by atoms with Gasteiger partial charge in [0.05, 0.1) is 5.56 Å². The van der Waals surface area contributed by atoms with Gasteiger partial charge in [0.1, 0.15) is 0 Å². The molecule has 1 aromatic rings. The molecule has 0 unspecified atom stereocenters. The molecule has 1 N–H and O–H groups in total. The van der Waals surface area contributed by atoms with Crippen molar-refractivity contribution in [1.82, 2.24) is 0 Å². The summed E-state index contributed by atoms with van der Waals surface area (Å²) in [5.41, 5.74) is 1.64. The van der Waals surface area contributed by atoms with E-state index in [9.17, 15) is 9.59 Å². The Balaban J connectivity index is 2.82. The molecule has 3 heteroatoms. The van der Waals surface area contributed by atoms with Crippen LogP contribution in [0.2, 0.25) is 0 Å². The van der Waals surface area contributed by atoms with Crippen LogP contribution in [0, 0.1) is 0 Å². The van der Waals surface area contributed by atoms with Gasteiger partial charge in [-0.3, -0.25) is 4.79 Å². The number of rotatable bonds is 6. The summed E-state index contributed by atoms with van der Waals surface area (Å²) in [6.45, 7) is 3.80. The normalized spacial score (nSPS) is 12.2. The number of carboxylic acid groups (broad SMARTS) is 1. The van der Waals surface area contributed by atoms with E-state index < -0.39 is 5.97 Å². The summed E-state index contributed by atoms with van der Waals surface area (Å²) in [7, 11) is 0. The van der Waals surface area contributed by atoms with E-state index in [1.54, 1.807) is 24.3 Å². The molecule has 20 heavy (non-hydrogen) atoms. The van der Waals surface area contributed by atoms with E-state index in [1.807, 2.05) is 32.1 Å². The Morgan fingerprint density at radius 1 is 1.10 bits per heavy atom. The van der Waals surface area contributed by atoms with E-state index in [1.165, 1.54) is 12.1 Å². The van der Waals surface area contributed by atoms with Gasteiger partial charge in [-0.05, 0) is 37.1 Å². The Morgan fingerprint density at radius 3 is 2.40 bits per heavy atom. The zero-order chi connectivity index (χ0) is 15.0. The Morgan fingerprint density at radius 2 is 1.80 bits per heavy atom. The number of allylic oxidation sites excluding steroid dienone is 6. The Kier molecular flexibility index (Phi) is 6.17. The molecule has 0 aliphatic carbocycles. The van der Waals surface area contributed by atoms with Gasteiger partial charge in [-0.15, -0.1) is 0 Å². The molecule has 0 amide bonds. The molecule has 3 nitrogen and oxygen atoms in total. The van der Waals surface area contributed by atoms with Crippen molar-refractivity contribution in [2.45, 2.75) is 20.3 Å². The summed E-state index contributed by atoms with van der Waals surface area (Å²) in [5, 5.41) is 9.06. The summed E-state index contributed by atoms with van der Waals surface area (Å²) in [4.78, 5) is 22.9. The molecule has 0 radical (unpaired) electrons. The minimum atomic E-state index is -1.01. The summed E-state index contributed by atoms with van der Waals surface area (Å²) >= 11 is 0. The SMILES string of the molecule is CC=CC(C=CC(=O)Cc1ccccc1C(=O)O)=CC. The summed E-state index contributed by atoms with van der Waals surface area (Å²) in [6.07, 6.45) is 8.99. The Hall–Kier alpha value is -2.42. The lowest BCUT2D eigenvalue weighted by atomic mass is 10.0. The van der Waals surface area contributed by atoms with Crippen LogP contribution in [0.25, 0.3) is 0 Å². The standard InChI is InChI=1S/C17H18O3/c1-3-7-13(4-2)10-11-15(18)12-14-8-5-6-9-16(14)17(19)20/h3-11H,12H2,1-2H3,(H,19,20). The lowest BCUT2D eigenvalue weighted by Crippen LogP contribution is -2.06. The molecule has 0 heterocycles. The van der Waals surface area contributed by atoms with Gasteiger partial charge in [-0.1, -0.05) is 42.5 Å². The van der Waals surface area contributed by atoms with E-state index in [0.717, 1.165) is 5.57 Å². The van der Waals surface area contributed by atoms with Crippen LogP contribution in [0.5, 0.6) is 0 Å². The molecular formula is C17H18O3. The Labute approximate surface area is 118 Å². The first-order valence-electron chi connectivity index (χ1n) is 6.39. The minimum absolute atomic E-state index is 0.0891. The lowest BCUT2D eigenvalue weighted by molar-refractivity contribution is -0.114. The van der Waals surface area contributed by atoms with Gasteiger partial charge < -0.3 is 5.11 Å². The van der Waals surface area contributed by atoms with Crippen molar-refractivity contribution in [3.05, 3.63) is 71.3 Å². The summed E-state index contributed by atoms with van der Waals surface area (Å²) in [5.74, 6) is -1.14. The first-order valence-corrected chi connectivity index (χ1v) is 6.39. The largest absolute Gasteiger partial charge is 0.478 e. The van der Waals surface area contributed by atoms with Crippen LogP contribution in [0.15, 0.2) is 60.2 Å². The van der Waals surface area contributed by atoms with Crippen molar-refractivity contribution in [1.29, 1.82) is 0 Å². The van der Waals surface area contributed by atoms with Gasteiger partial charge in [0.25, 0.3) is 0 Å². The monoisotopic (exact) mass is 270 g/mol. The number of carbonyl (C=O) groups excluding carboxylic acids is 1. The quantitative estimate of drug-likeness (QED) is 0.635. The summed E-state index contributed by atoms with van der Waals surface area (Å²) in [6, 6.07) is 6.55. The minimum Gasteiger partial charge on any atom is -0.478 e. The first kappa shape index (κ1) is 15.6. The fraction of sp³-hybridized carbons (Fsp3) is 0.176. The molecule has 1 aromatic carbocycles. The zero-order valence-electron chi connectivity index (χ0n) is 11.7. The highest BCUT2D eigenvalue weighted by Crippen LogP contribution is 2.10. The molecule has 0 fully saturated rings. The third-order valence-electron chi connectivity index (χ3n) is 2.77. The number of hydrogen-bond donors (Lipinski definition) is 1. The van der Waals surface area contributed by atoms with Gasteiger partial charge in [-0.25, -0.2) is 4.79 Å². The third-order valence-corrected chi connectivity index (χ3v) is 2.77. The molecule has 0 atom stereocenters. The topological polar surface area (TPSA) is 54.4 Å². The second-order valence-electron chi connectivity index (χ2n) is 4.23. The number of benzene rings is 1. The molecule has 1 rings (SSSR count).